The lowest BCUT2D eigenvalue weighted by Crippen LogP contribution is -2.07. The van der Waals surface area contributed by atoms with Gasteiger partial charge in [0.25, 0.3) is 0 Å². The van der Waals surface area contributed by atoms with Crippen LogP contribution in [-0.2, 0) is 0 Å². The van der Waals surface area contributed by atoms with Crippen molar-refractivity contribution in [3.63, 3.8) is 0 Å². The Morgan fingerprint density at radius 1 is 1.56 bits per heavy atom. The molecule has 1 rings (SSSR count). The van der Waals surface area contributed by atoms with Crippen molar-refractivity contribution < 1.29 is 4.92 Å². The molecule has 0 fully saturated rings. The van der Waals surface area contributed by atoms with E-state index in [2.05, 4.69) is 27.1 Å². The molecule has 0 spiro atoms. The van der Waals surface area contributed by atoms with Gasteiger partial charge in [-0.25, -0.2) is 4.98 Å². The van der Waals surface area contributed by atoms with Crippen LogP contribution in [-0.4, -0.2) is 21.4 Å². The Bertz CT molecular complexity index is 478. The van der Waals surface area contributed by atoms with Gasteiger partial charge in [0.15, 0.2) is 0 Å². The maximum Gasteiger partial charge on any atom is 0.332 e. The zero-order valence-corrected chi connectivity index (χ0v) is 9.50. The summed E-state index contributed by atoms with van der Waals surface area (Å²) in [5.41, 5.74) is 0.0410. The molecule has 16 heavy (non-hydrogen) atoms. The Balaban J connectivity index is 3.12. The van der Waals surface area contributed by atoms with Crippen LogP contribution < -0.4 is 5.32 Å². The molecule has 0 aliphatic rings. The monoisotopic (exact) mass is 240 g/mol. The molecule has 7 heteroatoms. The van der Waals surface area contributed by atoms with Crippen molar-refractivity contribution in [2.24, 2.45) is 0 Å². The van der Waals surface area contributed by atoms with Gasteiger partial charge in [0.1, 0.15) is 5.69 Å². The molecule has 0 saturated heterocycles. The smallest absolute Gasteiger partial charge is 0.332 e. The van der Waals surface area contributed by atoms with Gasteiger partial charge < -0.3 is 5.32 Å². The molecular weight excluding hydrogens is 232 g/mol. The van der Waals surface area contributed by atoms with Crippen LogP contribution in [0.15, 0.2) is 0 Å². The SMILES string of the molecule is CC#CCNc1nc(Cl)nc(C)c1[N+](=O)[O-]. The first-order chi connectivity index (χ1) is 7.56. The molecule has 1 aromatic heterocycles. The Hall–Kier alpha value is -1.87. The van der Waals surface area contributed by atoms with Crippen molar-refractivity contribution >= 4 is 23.1 Å². The summed E-state index contributed by atoms with van der Waals surface area (Å²) in [5, 5.41) is 13.5. The second-order valence-corrected chi connectivity index (χ2v) is 3.15. The van der Waals surface area contributed by atoms with Gasteiger partial charge in [0.2, 0.25) is 11.1 Å². The standard InChI is InChI=1S/C9H9ClN4O2/c1-3-4-5-11-8-7(14(15)16)6(2)12-9(10)13-8/h5H2,1-2H3,(H,11,12,13). The highest BCUT2D eigenvalue weighted by molar-refractivity contribution is 6.28. The van der Waals surface area contributed by atoms with E-state index in [-0.39, 0.29) is 29.0 Å². The van der Waals surface area contributed by atoms with Crippen molar-refractivity contribution in [2.75, 3.05) is 11.9 Å². The molecule has 0 saturated carbocycles. The lowest BCUT2D eigenvalue weighted by molar-refractivity contribution is -0.385. The van der Waals surface area contributed by atoms with E-state index in [4.69, 9.17) is 11.6 Å². The maximum atomic E-state index is 10.8. The number of aryl methyl sites for hydroxylation is 1. The zero-order chi connectivity index (χ0) is 12.1. The van der Waals surface area contributed by atoms with E-state index in [0.29, 0.717) is 0 Å². The van der Waals surface area contributed by atoms with Crippen LogP contribution in [0.5, 0.6) is 0 Å². The number of aromatic nitrogens is 2. The van der Waals surface area contributed by atoms with Gasteiger partial charge >= 0.3 is 5.69 Å². The number of anilines is 1. The number of hydrogen-bond acceptors (Lipinski definition) is 5. The first-order valence-electron chi connectivity index (χ1n) is 4.38. The average molecular weight is 241 g/mol. The number of nitrogens with one attached hydrogen (secondary N) is 1. The third kappa shape index (κ3) is 2.81. The fourth-order valence-corrected chi connectivity index (χ4v) is 1.30. The highest BCUT2D eigenvalue weighted by Gasteiger charge is 2.20. The molecule has 0 unspecified atom stereocenters. The summed E-state index contributed by atoms with van der Waals surface area (Å²) in [7, 11) is 0. The Kier molecular flexibility index (Phi) is 4.03. The second-order valence-electron chi connectivity index (χ2n) is 2.81. The van der Waals surface area contributed by atoms with E-state index in [0.717, 1.165) is 0 Å². The van der Waals surface area contributed by atoms with Crippen LogP contribution in [0.25, 0.3) is 0 Å². The minimum absolute atomic E-state index is 0.0324. The van der Waals surface area contributed by atoms with Gasteiger partial charge in [-0.05, 0) is 25.4 Å². The number of nitrogens with zero attached hydrogens (tertiary/aromatic N) is 3. The van der Waals surface area contributed by atoms with E-state index >= 15 is 0 Å². The van der Waals surface area contributed by atoms with Crippen molar-refractivity contribution in [1.82, 2.24) is 9.97 Å². The molecule has 0 aliphatic heterocycles. The Morgan fingerprint density at radius 2 is 2.25 bits per heavy atom. The van der Waals surface area contributed by atoms with Crippen LogP contribution >= 0.6 is 11.6 Å². The summed E-state index contributed by atoms with van der Waals surface area (Å²) >= 11 is 5.62. The van der Waals surface area contributed by atoms with E-state index in [9.17, 15) is 10.1 Å². The van der Waals surface area contributed by atoms with E-state index < -0.39 is 4.92 Å². The molecule has 1 aromatic rings. The van der Waals surface area contributed by atoms with Crippen LogP contribution in [0.4, 0.5) is 11.5 Å². The molecule has 0 aromatic carbocycles. The maximum absolute atomic E-state index is 10.8. The molecule has 1 N–H and O–H groups in total. The van der Waals surface area contributed by atoms with Gasteiger partial charge in [0, 0.05) is 0 Å². The lowest BCUT2D eigenvalue weighted by Gasteiger charge is -2.04. The lowest BCUT2D eigenvalue weighted by atomic mass is 10.3. The second kappa shape index (κ2) is 5.28. The van der Waals surface area contributed by atoms with Crippen molar-refractivity contribution in [1.29, 1.82) is 0 Å². The minimum atomic E-state index is -0.548. The fraction of sp³-hybridized carbons (Fsp3) is 0.333. The zero-order valence-electron chi connectivity index (χ0n) is 8.74. The third-order valence-corrected chi connectivity index (χ3v) is 1.90. The molecule has 6 nitrogen and oxygen atoms in total. The summed E-state index contributed by atoms with van der Waals surface area (Å²) in [6.45, 7) is 3.45. The van der Waals surface area contributed by atoms with E-state index in [1.807, 2.05) is 0 Å². The van der Waals surface area contributed by atoms with Crippen LogP contribution in [0, 0.1) is 28.9 Å². The van der Waals surface area contributed by atoms with Gasteiger partial charge in [0.05, 0.1) is 11.5 Å². The van der Waals surface area contributed by atoms with Crippen LogP contribution in [0.1, 0.15) is 12.6 Å². The average Bonchev–Trinajstić information content (AvgIpc) is 2.16. The first kappa shape index (κ1) is 12.2. The quantitative estimate of drug-likeness (QED) is 0.377. The molecule has 0 bridgehead atoms. The molecule has 0 radical (unpaired) electrons. The predicted octanol–water partition coefficient (Wildman–Crippen LogP) is 1.78. The van der Waals surface area contributed by atoms with Gasteiger partial charge in [-0.15, -0.1) is 5.92 Å². The van der Waals surface area contributed by atoms with Gasteiger partial charge in [-0.1, -0.05) is 5.92 Å². The van der Waals surface area contributed by atoms with Crippen molar-refractivity contribution in [2.45, 2.75) is 13.8 Å². The largest absolute Gasteiger partial charge is 0.353 e. The number of halogens is 1. The Labute approximate surface area is 97.2 Å². The van der Waals surface area contributed by atoms with Gasteiger partial charge in [-0.2, -0.15) is 4.98 Å². The van der Waals surface area contributed by atoms with Crippen LogP contribution in [0.3, 0.4) is 0 Å². The molecular formula is C9H9ClN4O2. The first-order valence-corrected chi connectivity index (χ1v) is 4.76. The van der Waals surface area contributed by atoms with Gasteiger partial charge in [-0.3, -0.25) is 10.1 Å². The number of rotatable bonds is 3. The number of nitro groups is 1. The summed E-state index contributed by atoms with van der Waals surface area (Å²) in [4.78, 5) is 17.7. The topological polar surface area (TPSA) is 81.0 Å². The highest BCUT2D eigenvalue weighted by atomic mass is 35.5. The molecule has 1 heterocycles. The molecule has 0 amide bonds. The molecule has 0 aliphatic carbocycles. The van der Waals surface area contributed by atoms with Crippen molar-refractivity contribution in [3.05, 3.63) is 21.1 Å². The van der Waals surface area contributed by atoms with E-state index in [1.165, 1.54) is 6.92 Å². The van der Waals surface area contributed by atoms with Crippen molar-refractivity contribution in [3.8, 4) is 11.8 Å². The molecule has 0 atom stereocenters. The summed E-state index contributed by atoms with van der Waals surface area (Å²) in [6.07, 6.45) is 0. The minimum Gasteiger partial charge on any atom is -0.353 e. The predicted molar refractivity (Wildman–Crippen MR) is 60.4 cm³/mol. The molecule has 84 valence electrons. The van der Waals surface area contributed by atoms with E-state index in [1.54, 1.807) is 6.92 Å². The summed E-state index contributed by atoms with van der Waals surface area (Å²) < 4.78 is 0. The normalized spacial score (nSPS) is 9.19. The number of hydrogen-bond donors (Lipinski definition) is 1. The Morgan fingerprint density at radius 3 is 2.81 bits per heavy atom. The highest BCUT2D eigenvalue weighted by Crippen LogP contribution is 2.25. The fourth-order valence-electron chi connectivity index (χ4n) is 1.09. The summed E-state index contributed by atoms with van der Waals surface area (Å²) in [6, 6.07) is 0. The van der Waals surface area contributed by atoms with Crippen LogP contribution in [0.2, 0.25) is 5.28 Å². The summed E-state index contributed by atoms with van der Waals surface area (Å²) in [5.74, 6) is 5.46. The third-order valence-electron chi connectivity index (χ3n) is 1.73.